The van der Waals surface area contributed by atoms with E-state index in [0.29, 0.717) is 12.5 Å². The third-order valence-corrected chi connectivity index (χ3v) is 3.53. The van der Waals surface area contributed by atoms with Crippen molar-refractivity contribution in [3.8, 4) is 5.75 Å². The summed E-state index contributed by atoms with van der Waals surface area (Å²) in [6.45, 7) is 10.3. The molecule has 1 heterocycles. The molecule has 0 radical (unpaired) electrons. The number of aryl methyl sites for hydroxylation is 2. The molecule has 0 unspecified atom stereocenters. The molecule has 2 heteroatoms. The molecule has 0 N–H and O–H groups in total. The zero-order valence-electron chi connectivity index (χ0n) is 12.3. The minimum Gasteiger partial charge on any atom is -0.491 e. The highest BCUT2D eigenvalue weighted by molar-refractivity contribution is 5.35. The molecule has 0 bridgehead atoms. The summed E-state index contributed by atoms with van der Waals surface area (Å²) in [4.78, 5) is 0. The van der Waals surface area contributed by atoms with Gasteiger partial charge in [0.05, 0.1) is 6.54 Å². The number of nitrogens with zero attached hydrogens (tertiary/aromatic N) is 1. The van der Waals surface area contributed by atoms with Crippen LogP contribution in [0.4, 0.5) is 0 Å². The van der Waals surface area contributed by atoms with Crippen molar-refractivity contribution in [3.63, 3.8) is 0 Å². The number of benzene rings is 1. The SMILES string of the molecule is Cc1ccc(C)n1CCOc1ccccc1C(C)C. The van der Waals surface area contributed by atoms with Crippen LogP contribution < -0.4 is 4.74 Å². The number of hydrogen-bond acceptors (Lipinski definition) is 1. The van der Waals surface area contributed by atoms with Crippen LogP contribution in [0.5, 0.6) is 5.75 Å². The normalized spacial score (nSPS) is 11.0. The fourth-order valence-corrected chi connectivity index (χ4v) is 2.39. The molecule has 0 aliphatic heterocycles. The van der Waals surface area contributed by atoms with Crippen LogP contribution in [0.25, 0.3) is 0 Å². The molecule has 0 fully saturated rings. The van der Waals surface area contributed by atoms with Crippen molar-refractivity contribution < 1.29 is 4.74 Å². The van der Waals surface area contributed by atoms with E-state index in [2.05, 4.69) is 62.6 Å². The monoisotopic (exact) mass is 257 g/mol. The van der Waals surface area contributed by atoms with E-state index in [0.717, 1.165) is 12.3 Å². The Balaban J connectivity index is 2.00. The topological polar surface area (TPSA) is 14.2 Å². The number of aromatic nitrogens is 1. The van der Waals surface area contributed by atoms with Crippen LogP contribution in [0.1, 0.15) is 36.7 Å². The fraction of sp³-hybridized carbons (Fsp3) is 0.412. The van der Waals surface area contributed by atoms with Crippen LogP contribution in [0.15, 0.2) is 36.4 Å². The van der Waals surface area contributed by atoms with Gasteiger partial charge in [-0.15, -0.1) is 0 Å². The van der Waals surface area contributed by atoms with Crippen molar-refractivity contribution in [1.82, 2.24) is 4.57 Å². The first-order valence-corrected chi connectivity index (χ1v) is 6.94. The maximum Gasteiger partial charge on any atom is 0.122 e. The predicted octanol–water partition coefficient (Wildman–Crippen LogP) is 4.31. The van der Waals surface area contributed by atoms with Crippen LogP contribution in [0, 0.1) is 13.8 Å². The Morgan fingerprint density at radius 1 is 1.00 bits per heavy atom. The van der Waals surface area contributed by atoms with Crippen molar-refractivity contribution in [3.05, 3.63) is 53.3 Å². The highest BCUT2D eigenvalue weighted by Gasteiger charge is 2.07. The molecule has 102 valence electrons. The van der Waals surface area contributed by atoms with Crippen LogP contribution in [-0.4, -0.2) is 11.2 Å². The molecule has 0 atom stereocenters. The lowest BCUT2D eigenvalue weighted by Crippen LogP contribution is -2.11. The molecule has 2 aromatic rings. The quantitative estimate of drug-likeness (QED) is 0.778. The van der Waals surface area contributed by atoms with Crippen molar-refractivity contribution >= 4 is 0 Å². The van der Waals surface area contributed by atoms with Gasteiger partial charge >= 0.3 is 0 Å². The third kappa shape index (κ3) is 3.19. The maximum atomic E-state index is 5.96. The average molecular weight is 257 g/mol. The van der Waals surface area contributed by atoms with E-state index in [1.54, 1.807) is 0 Å². The molecule has 0 aliphatic rings. The molecular weight excluding hydrogens is 234 g/mol. The Morgan fingerprint density at radius 2 is 1.63 bits per heavy atom. The summed E-state index contributed by atoms with van der Waals surface area (Å²) in [5.74, 6) is 1.51. The smallest absolute Gasteiger partial charge is 0.122 e. The van der Waals surface area contributed by atoms with Crippen molar-refractivity contribution in [2.45, 2.75) is 40.2 Å². The maximum absolute atomic E-state index is 5.96. The zero-order chi connectivity index (χ0) is 13.8. The second kappa shape index (κ2) is 5.96. The molecular formula is C17H23NO. The van der Waals surface area contributed by atoms with Gasteiger partial charge in [-0.25, -0.2) is 0 Å². The fourth-order valence-electron chi connectivity index (χ4n) is 2.39. The second-order valence-corrected chi connectivity index (χ2v) is 5.31. The van der Waals surface area contributed by atoms with Gasteiger partial charge in [-0.1, -0.05) is 32.0 Å². The highest BCUT2D eigenvalue weighted by atomic mass is 16.5. The zero-order valence-corrected chi connectivity index (χ0v) is 12.3. The van der Waals surface area contributed by atoms with E-state index in [4.69, 9.17) is 4.74 Å². The number of para-hydroxylation sites is 1. The standard InChI is InChI=1S/C17H23NO/c1-13(2)16-7-5-6-8-17(16)19-12-11-18-14(3)9-10-15(18)4/h5-10,13H,11-12H2,1-4H3. The number of hydrogen-bond donors (Lipinski definition) is 0. The second-order valence-electron chi connectivity index (χ2n) is 5.31. The van der Waals surface area contributed by atoms with Crippen LogP contribution in [0.2, 0.25) is 0 Å². The minimum atomic E-state index is 0.492. The summed E-state index contributed by atoms with van der Waals surface area (Å²) < 4.78 is 8.25. The largest absolute Gasteiger partial charge is 0.491 e. The van der Waals surface area contributed by atoms with E-state index in [1.807, 2.05) is 6.07 Å². The summed E-state index contributed by atoms with van der Waals surface area (Å²) in [6, 6.07) is 12.6. The number of ether oxygens (including phenoxy) is 1. The first kappa shape index (κ1) is 13.7. The predicted molar refractivity (Wildman–Crippen MR) is 79.9 cm³/mol. The van der Waals surface area contributed by atoms with Gasteiger partial charge in [0, 0.05) is 11.4 Å². The summed E-state index contributed by atoms with van der Waals surface area (Å²) in [6.07, 6.45) is 0. The molecule has 0 saturated heterocycles. The number of rotatable bonds is 5. The van der Waals surface area contributed by atoms with E-state index >= 15 is 0 Å². The Kier molecular flexibility index (Phi) is 4.31. The van der Waals surface area contributed by atoms with Gasteiger partial charge in [0.15, 0.2) is 0 Å². The van der Waals surface area contributed by atoms with E-state index in [1.165, 1.54) is 17.0 Å². The van der Waals surface area contributed by atoms with Crippen molar-refractivity contribution in [2.75, 3.05) is 6.61 Å². The van der Waals surface area contributed by atoms with Crippen LogP contribution in [0.3, 0.4) is 0 Å². The van der Waals surface area contributed by atoms with Crippen molar-refractivity contribution in [1.29, 1.82) is 0 Å². The van der Waals surface area contributed by atoms with Gasteiger partial charge in [-0.3, -0.25) is 0 Å². The molecule has 1 aromatic heterocycles. The van der Waals surface area contributed by atoms with Gasteiger partial charge in [0.25, 0.3) is 0 Å². The summed E-state index contributed by atoms with van der Waals surface area (Å²) in [5.41, 5.74) is 3.86. The highest BCUT2D eigenvalue weighted by Crippen LogP contribution is 2.25. The molecule has 0 saturated carbocycles. The lowest BCUT2D eigenvalue weighted by molar-refractivity contribution is 0.292. The molecule has 0 aliphatic carbocycles. The van der Waals surface area contributed by atoms with Gasteiger partial charge in [0.2, 0.25) is 0 Å². The Bertz CT molecular complexity index is 520. The van der Waals surface area contributed by atoms with Gasteiger partial charge in [-0.05, 0) is 43.5 Å². The third-order valence-electron chi connectivity index (χ3n) is 3.53. The van der Waals surface area contributed by atoms with E-state index < -0.39 is 0 Å². The van der Waals surface area contributed by atoms with E-state index in [-0.39, 0.29) is 0 Å². The molecule has 19 heavy (non-hydrogen) atoms. The lowest BCUT2D eigenvalue weighted by Gasteiger charge is -2.15. The summed E-state index contributed by atoms with van der Waals surface area (Å²) in [7, 11) is 0. The molecule has 2 nitrogen and oxygen atoms in total. The summed E-state index contributed by atoms with van der Waals surface area (Å²) >= 11 is 0. The molecule has 2 rings (SSSR count). The Labute approximate surface area is 116 Å². The van der Waals surface area contributed by atoms with E-state index in [9.17, 15) is 0 Å². The van der Waals surface area contributed by atoms with Gasteiger partial charge in [-0.2, -0.15) is 0 Å². The molecule has 0 amide bonds. The molecule has 1 aromatic carbocycles. The summed E-state index contributed by atoms with van der Waals surface area (Å²) in [5, 5.41) is 0. The van der Waals surface area contributed by atoms with Crippen molar-refractivity contribution in [2.24, 2.45) is 0 Å². The van der Waals surface area contributed by atoms with Gasteiger partial charge in [0.1, 0.15) is 12.4 Å². The Hall–Kier alpha value is -1.70. The minimum absolute atomic E-state index is 0.492. The van der Waals surface area contributed by atoms with Crippen LogP contribution in [-0.2, 0) is 6.54 Å². The lowest BCUT2D eigenvalue weighted by atomic mass is 10.0. The van der Waals surface area contributed by atoms with Crippen LogP contribution >= 0.6 is 0 Å². The molecule has 0 spiro atoms. The first-order valence-electron chi connectivity index (χ1n) is 6.94. The first-order chi connectivity index (χ1) is 9.09. The Morgan fingerprint density at radius 3 is 2.26 bits per heavy atom. The van der Waals surface area contributed by atoms with Gasteiger partial charge < -0.3 is 9.30 Å². The average Bonchev–Trinajstić information content (AvgIpc) is 2.70.